The largest absolute Gasteiger partial charge is 0.323 e. The summed E-state index contributed by atoms with van der Waals surface area (Å²) in [5.41, 5.74) is 2.70. The van der Waals surface area contributed by atoms with Crippen molar-refractivity contribution in [3.63, 3.8) is 0 Å². The maximum atomic E-state index is 9.10. The maximum absolute atomic E-state index is 9.10. The van der Waals surface area contributed by atoms with Gasteiger partial charge in [0, 0.05) is 24.9 Å². The van der Waals surface area contributed by atoms with E-state index < -0.39 is 0 Å². The number of fused-ring (bicyclic) bond motifs is 1. The van der Waals surface area contributed by atoms with E-state index in [1.165, 1.54) is 0 Å². The first-order chi connectivity index (χ1) is 9.72. The fourth-order valence-electron chi connectivity index (χ4n) is 3.00. The average molecular weight is 289 g/mol. The van der Waals surface area contributed by atoms with Crippen molar-refractivity contribution in [2.45, 2.75) is 18.9 Å². The van der Waals surface area contributed by atoms with E-state index in [4.69, 9.17) is 21.8 Å². The van der Waals surface area contributed by atoms with Crippen LogP contribution in [0.25, 0.3) is 11.0 Å². The van der Waals surface area contributed by atoms with Gasteiger partial charge in [0.05, 0.1) is 22.7 Å². The number of likely N-dealkylation sites (tertiary alicyclic amines) is 1. The summed E-state index contributed by atoms with van der Waals surface area (Å²) >= 11 is 5.91. The Hall–Kier alpha value is -1.57. The second-order valence-electron chi connectivity index (χ2n) is 5.36. The quantitative estimate of drug-likeness (QED) is 0.816. The Morgan fingerprint density at radius 1 is 1.50 bits per heavy atom. The van der Waals surface area contributed by atoms with Crippen LogP contribution >= 0.6 is 11.6 Å². The zero-order valence-corrected chi connectivity index (χ0v) is 12.3. The number of nitrogens with zero attached hydrogens (tertiary/aromatic N) is 4. The van der Waals surface area contributed by atoms with Gasteiger partial charge in [-0.05, 0) is 38.2 Å². The van der Waals surface area contributed by atoms with Crippen LogP contribution in [0.15, 0.2) is 18.2 Å². The zero-order valence-electron chi connectivity index (χ0n) is 11.5. The first-order valence-electron chi connectivity index (χ1n) is 6.88. The number of rotatable bonds is 3. The third kappa shape index (κ3) is 2.28. The van der Waals surface area contributed by atoms with E-state index in [2.05, 4.69) is 22.6 Å². The number of aromatic nitrogens is 2. The van der Waals surface area contributed by atoms with Crippen LogP contribution in [-0.2, 0) is 6.42 Å². The SMILES string of the molecule is CN1CCC(n2c(CCCl)nc3ccc(C#N)cc32)C1. The first kappa shape index (κ1) is 13.4. The van der Waals surface area contributed by atoms with Crippen molar-refractivity contribution in [2.24, 2.45) is 0 Å². The zero-order chi connectivity index (χ0) is 14.1. The molecule has 0 aliphatic carbocycles. The van der Waals surface area contributed by atoms with Gasteiger partial charge in [0.15, 0.2) is 0 Å². The van der Waals surface area contributed by atoms with Crippen molar-refractivity contribution in [3.8, 4) is 6.07 Å². The summed E-state index contributed by atoms with van der Waals surface area (Å²) in [5.74, 6) is 1.60. The molecule has 2 aromatic rings. The molecule has 5 heteroatoms. The smallest absolute Gasteiger partial charge is 0.111 e. The number of imidazole rings is 1. The van der Waals surface area contributed by atoms with Crippen molar-refractivity contribution < 1.29 is 0 Å². The maximum Gasteiger partial charge on any atom is 0.111 e. The second kappa shape index (κ2) is 5.43. The Morgan fingerprint density at radius 2 is 2.35 bits per heavy atom. The molecule has 20 heavy (non-hydrogen) atoms. The van der Waals surface area contributed by atoms with Gasteiger partial charge in [-0.25, -0.2) is 4.98 Å². The third-order valence-electron chi connectivity index (χ3n) is 3.94. The Balaban J connectivity index is 2.14. The highest BCUT2D eigenvalue weighted by Gasteiger charge is 2.25. The Bertz CT molecular complexity index is 670. The van der Waals surface area contributed by atoms with Crippen LogP contribution in [-0.4, -0.2) is 40.5 Å². The molecule has 1 aliphatic heterocycles. The van der Waals surface area contributed by atoms with Crippen LogP contribution in [0, 0.1) is 11.3 Å². The molecule has 1 atom stereocenters. The molecule has 0 radical (unpaired) electrons. The van der Waals surface area contributed by atoms with Gasteiger partial charge in [-0.15, -0.1) is 11.6 Å². The summed E-state index contributed by atoms with van der Waals surface area (Å²) in [6.45, 7) is 2.13. The van der Waals surface area contributed by atoms with Gasteiger partial charge in [0.1, 0.15) is 5.82 Å². The second-order valence-corrected chi connectivity index (χ2v) is 5.74. The Morgan fingerprint density at radius 3 is 3.00 bits per heavy atom. The summed E-state index contributed by atoms with van der Waals surface area (Å²) < 4.78 is 2.29. The molecule has 0 saturated carbocycles. The van der Waals surface area contributed by atoms with Crippen LogP contribution in [0.3, 0.4) is 0 Å². The third-order valence-corrected chi connectivity index (χ3v) is 4.13. The number of hydrogen-bond acceptors (Lipinski definition) is 3. The number of aryl methyl sites for hydroxylation is 1. The minimum atomic E-state index is 0.428. The average Bonchev–Trinajstić information content (AvgIpc) is 3.01. The van der Waals surface area contributed by atoms with E-state index in [-0.39, 0.29) is 0 Å². The minimum absolute atomic E-state index is 0.428. The number of alkyl halides is 1. The molecule has 3 rings (SSSR count). The number of nitriles is 1. The predicted molar refractivity (Wildman–Crippen MR) is 80.0 cm³/mol. The standard InChI is InChI=1S/C15H17ClN4/c1-19-7-5-12(10-19)20-14-8-11(9-17)2-3-13(14)18-15(20)4-6-16/h2-3,8,12H,4-7,10H2,1H3. The fourth-order valence-corrected chi connectivity index (χ4v) is 3.17. The molecule has 1 unspecified atom stereocenters. The predicted octanol–water partition coefficient (Wildman–Crippen LogP) is 2.57. The van der Waals surface area contributed by atoms with E-state index in [9.17, 15) is 0 Å². The van der Waals surface area contributed by atoms with Crippen molar-refractivity contribution in [1.29, 1.82) is 5.26 Å². The monoisotopic (exact) mass is 288 g/mol. The normalized spacial score (nSPS) is 19.6. The molecule has 4 nitrogen and oxygen atoms in total. The molecule has 1 aliphatic rings. The van der Waals surface area contributed by atoms with Crippen LogP contribution in [0.2, 0.25) is 0 Å². The lowest BCUT2D eigenvalue weighted by Crippen LogP contribution is -2.18. The van der Waals surface area contributed by atoms with E-state index >= 15 is 0 Å². The summed E-state index contributed by atoms with van der Waals surface area (Å²) in [6, 6.07) is 8.34. The van der Waals surface area contributed by atoms with Crippen LogP contribution < -0.4 is 0 Å². The lowest BCUT2D eigenvalue weighted by molar-refractivity contribution is 0.392. The molecule has 1 aromatic heterocycles. The Kier molecular flexibility index (Phi) is 3.64. The lowest BCUT2D eigenvalue weighted by atomic mass is 10.2. The van der Waals surface area contributed by atoms with E-state index in [0.29, 0.717) is 17.5 Å². The van der Waals surface area contributed by atoms with Gasteiger partial charge in [-0.1, -0.05) is 0 Å². The minimum Gasteiger partial charge on any atom is -0.323 e. The van der Waals surface area contributed by atoms with Crippen molar-refractivity contribution >= 4 is 22.6 Å². The van der Waals surface area contributed by atoms with E-state index in [0.717, 1.165) is 42.8 Å². The van der Waals surface area contributed by atoms with Gasteiger partial charge in [0.25, 0.3) is 0 Å². The summed E-state index contributed by atoms with van der Waals surface area (Å²) in [5, 5.41) is 9.10. The molecule has 0 spiro atoms. The van der Waals surface area contributed by atoms with E-state index in [1.807, 2.05) is 18.2 Å². The van der Waals surface area contributed by atoms with Gasteiger partial charge in [0.2, 0.25) is 0 Å². The molecular weight excluding hydrogens is 272 g/mol. The molecule has 1 aromatic carbocycles. The van der Waals surface area contributed by atoms with Gasteiger partial charge < -0.3 is 9.47 Å². The number of likely N-dealkylation sites (N-methyl/N-ethyl adjacent to an activating group) is 1. The summed E-state index contributed by atoms with van der Waals surface area (Å²) in [6.07, 6.45) is 1.88. The van der Waals surface area contributed by atoms with Crippen molar-refractivity contribution in [1.82, 2.24) is 14.5 Å². The van der Waals surface area contributed by atoms with E-state index in [1.54, 1.807) is 0 Å². The molecular formula is C15H17ClN4. The van der Waals surface area contributed by atoms with Gasteiger partial charge in [-0.2, -0.15) is 5.26 Å². The van der Waals surface area contributed by atoms with Crippen LogP contribution in [0.4, 0.5) is 0 Å². The molecule has 0 amide bonds. The highest BCUT2D eigenvalue weighted by Crippen LogP contribution is 2.28. The summed E-state index contributed by atoms with van der Waals surface area (Å²) in [4.78, 5) is 7.03. The van der Waals surface area contributed by atoms with Crippen LogP contribution in [0.1, 0.15) is 23.9 Å². The lowest BCUT2D eigenvalue weighted by Gasteiger charge is -2.16. The Labute approximate surface area is 123 Å². The fraction of sp³-hybridized carbons (Fsp3) is 0.467. The van der Waals surface area contributed by atoms with Crippen molar-refractivity contribution in [2.75, 3.05) is 26.0 Å². The van der Waals surface area contributed by atoms with Crippen LogP contribution in [0.5, 0.6) is 0 Å². The topological polar surface area (TPSA) is 44.9 Å². The van der Waals surface area contributed by atoms with Gasteiger partial charge in [-0.3, -0.25) is 0 Å². The molecule has 1 fully saturated rings. The van der Waals surface area contributed by atoms with Gasteiger partial charge >= 0.3 is 0 Å². The molecule has 1 saturated heterocycles. The summed E-state index contributed by atoms with van der Waals surface area (Å²) in [7, 11) is 2.14. The number of halogens is 1. The number of benzene rings is 1. The highest BCUT2D eigenvalue weighted by atomic mass is 35.5. The molecule has 104 valence electrons. The molecule has 0 bridgehead atoms. The van der Waals surface area contributed by atoms with Crippen molar-refractivity contribution in [3.05, 3.63) is 29.6 Å². The molecule has 2 heterocycles. The first-order valence-corrected chi connectivity index (χ1v) is 7.42. The highest BCUT2D eigenvalue weighted by molar-refractivity contribution is 6.17. The molecule has 0 N–H and O–H groups in total. The number of hydrogen-bond donors (Lipinski definition) is 0.